The molecule has 148 valence electrons. The summed E-state index contributed by atoms with van der Waals surface area (Å²) in [5, 5.41) is 19.6. The molecule has 0 bridgehead atoms. The molecular formula is C18H23ClN8O. The number of hydrogen-bond acceptors (Lipinski definition) is 7. The Morgan fingerprint density at radius 3 is 3.07 bits per heavy atom. The molecule has 9 nitrogen and oxygen atoms in total. The van der Waals surface area contributed by atoms with Crippen LogP contribution in [0.15, 0.2) is 18.6 Å². The highest BCUT2D eigenvalue weighted by atomic mass is 35.5. The predicted molar refractivity (Wildman–Crippen MR) is 106 cm³/mol. The van der Waals surface area contributed by atoms with E-state index in [2.05, 4.69) is 25.7 Å². The minimum Gasteiger partial charge on any atom is -0.368 e. The van der Waals surface area contributed by atoms with E-state index in [0.717, 1.165) is 25.1 Å². The second kappa shape index (κ2) is 9.37. The normalized spacial score (nSPS) is 16.5. The zero-order valence-electron chi connectivity index (χ0n) is 15.7. The summed E-state index contributed by atoms with van der Waals surface area (Å²) in [4.78, 5) is 22.6. The highest BCUT2D eigenvalue weighted by Gasteiger charge is 2.23. The van der Waals surface area contributed by atoms with Crippen molar-refractivity contribution in [1.29, 1.82) is 5.26 Å². The first-order chi connectivity index (χ1) is 13.5. The number of halogens is 1. The lowest BCUT2D eigenvalue weighted by Gasteiger charge is -2.33. The van der Waals surface area contributed by atoms with Crippen molar-refractivity contribution >= 4 is 35.0 Å². The molecule has 1 aliphatic rings. The lowest BCUT2D eigenvalue weighted by atomic mass is 9.97. The number of nitrogens with one attached hydrogen (secondary N) is 2. The molecule has 28 heavy (non-hydrogen) atoms. The van der Waals surface area contributed by atoms with Gasteiger partial charge in [0.15, 0.2) is 5.82 Å². The molecule has 0 aliphatic carbocycles. The van der Waals surface area contributed by atoms with Gasteiger partial charge in [0, 0.05) is 45.7 Å². The van der Waals surface area contributed by atoms with Crippen LogP contribution in [0.3, 0.4) is 0 Å². The molecule has 2 aromatic rings. The molecule has 10 heteroatoms. The van der Waals surface area contributed by atoms with Crippen molar-refractivity contribution in [3.63, 3.8) is 0 Å². The Bertz CT molecular complexity index is 862. The number of nitrogens with zero attached hydrogens (tertiary/aromatic N) is 6. The Hall–Kier alpha value is -2.86. The van der Waals surface area contributed by atoms with E-state index in [4.69, 9.17) is 16.9 Å². The van der Waals surface area contributed by atoms with Crippen LogP contribution in [-0.2, 0) is 11.8 Å². The minimum atomic E-state index is 0.0503. The van der Waals surface area contributed by atoms with Gasteiger partial charge in [-0.15, -0.1) is 0 Å². The third-order valence-electron chi connectivity index (χ3n) is 4.59. The summed E-state index contributed by atoms with van der Waals surface area (Å²) in [6.07, 6.45) is 7.60. The molecule has 3 rings (SSSR count). The number of anilines is 3. The van der Waals surface area contributed by atoms with Gasteiger partial charge in [0.2, 0.25) is 11.9 Å². The fraction of sp³-hybridized carbons (Fsp3) is 0.500. The van der Waals surface area contributed by atoms with Crippen molar-refractivity contribution in [3.05, 3.63) is 23.6 Å². The first kappa shape index (κ1) is 19.9. The number of rotatable bonds is 7. The van der Waals surface area contributed by atoms with Crippen molar-refractivity contribution < 1.29 is 4.79 Å². The van der Waals surface area contributed by atoms with E-state index in [1.165, 1.54) is 0 Å². The van der Waals surface area contributed by atoms with Crippen molar-refractivity contribution in [2.24, 2.45) is 13.0 Å². The van der Waals surface area contributed by atoms with Crippen molar-refractivity contribution in [2.75, 3.05) is 30.3 Å². The van der Waals surface area contributed by atoms with Crippen LogP contribution >= 0.6 is 11.6 Å². The highest BCUT2D eigenvalue weighted by molar-refractivity contribution is 6.32. The lowest BCUT2D eigenvalue weighted by Crippen LogP contribution is -2.41. The van der Waals surface area contributed by atoms with Crippen LogP contribution < -0.4 is 10.6 Å². The first-order valence-corrected chi connectivity index (χ1v) is 9.59. The molecule has 1 fully saturated rings. The molecule has 2 aromatic heterocycles. The number of nitriles is 1. The Morgan fingerprint density at radius 2 is 2.32 bits per heavy atom. The van der Waals surface area contributed by atoms with E-state index in [1.54, 1.807) is 17.1 Å². The number of carbonyl (C=O) groups is 1. The van der Waals surface area contributed by atoms with E-state index < -0.39 is 0 Å². The molecule has 2 N–H and O–H groups in total. The largest absolute Gasteiger partial charge is 0.368 e. The van der Waals surface area contributed by atoms with E-state index in [-0.39, 0.29) is 18.7 Å². The predicted octanol–water partition coefficient (Wildman–Crippen LogP) is 2.56. The van der Waals surface area contributed by atoms with Gasteiger partial charge >= 0.3 is 0 Å². The molecule has 1 atom stereocenters. The van der Waals surface area contributed by atoms with Crippen LogP contribution in [0.1, 0.15) is 25.7 Å². The van der Waals surface area contributed by atoms with E-state index in [0.29, 0.717) is 35.8 Å². The molecule has 0 unspecified atom stereocenters. The van der Waals surface area contributed by atoms with Crippen LogP contribution in [0, 0.1) is 17.2 Å². The Labute approximate surface area is 168 Å². The summed E-state index contributed by atoms with van der Waals surface area (Å²) in [5.74, 6) is 1.34. The Balaban J connectivity index is 1.57. The van der Waals surface area contributed by atoms with Gasteiger partial charge in [-0.2, -0.15) is 15.3 Å². The summed E-state index contributed by atoms with van der Waals surface area (Å²) in [6, 6.07) is 2.03. The molecule has 1 aliphatic heterocycles. The molecular weight excluding hydrogens is 380 g/mol. The monoisotopic (exact) mass is 402 g/mol. The number of aryl methyl sites for hydroxylation is 1. The third kappa shape index (κ3) is 5.33. The van der Waals surface area contributed by atoms with Gasteiger partial charge in [0.05, 0.1) is 24.2 Å². The quantitative estimate of drug-likeness (QED) is 0.731. The van der Waals surface area contributed by atoms with Crippen molar-refractivity contribution in [2.45, 2.75) is 25.7 Å². The molecule has 1 amide bonds. The lowest BCUT2D eigenvalue weighted by molar-refractivity contribution is -0.132. The van der Waals surface area contributed by atoms with Crippen LogP contribution in [0.2, 0.25) is 5.02 Å². The highest BCUT2D eigenvalue weighted by Crippen LogP contribution is 2.23. The van der Waals surface area contributed by atoms with Crippen molar-refractivity contribution in [3.8, 4) is 6.07 Å². The maximum Gasteiger partial charge on any atom is 0.229 e. The molecule has 1 saturated heterocycles. The average Bonchev–Trinajstić information content (AvgIpc) is 3.11. The van der Waals surface area contributed by atoms with E-state index in [9.17, 15) is 4.79 Å². The minimum absolute atomic E-state index is 0.0503. The standard InChI is InChI=1S/C18H23ClN8O/c1-26-12-14(9-23-26)24-18-22-10-15(19)17(25-18)21-8-13-4-3-7-27(11-13)16(28)5-2-6-20/h9-10,12-13H,2-5,7-8,11H2,1H3,(H2,21,22,24,25)/t13-/m0/s1. The zero-order chi connectivity index (χ0) is 19.9. The summed E-state index contributed by atoms with van der Waals surface area (Å²) in [7, 11) is 1.83. The molecule has 0 saturated carbocycles. The number of hydrogen-bond donors (Lipinski definition) is 2. The van der Waals surface area contributed by atoms with Crippen LogP contribution in [0.25, 0.3) is 0 Å². The molecule has 0 radical (unpaired) electrons. The van der Waals surface area contributed by atoms with Gasteiger partial charge in [0.25, 0.3) is 0 Å². The number of aromatic nitrogens is 4. The van der Waals surface area contributed by atoms with Gasteiger partial charge in [0.1, 0.15) is 5.02 Å². The van der Waals surface area contributed by atoms with Crippen LogP contribution in [0.5, 0.6) is 0 Å². The topological polar surface area (TPSA) is 112 Å². The molecule has 0 spiro atoms. The number of likely N-dealkylation sites (tertiary alicyclic amines) is 1. The van der Waals surface area contributed by atoms with Gasteiger partial charge in [-0.1, -0.05) is 11.6 Å². The Kier molecular flexibility index (Phi) is 6.66. The van der Waals surface area contributed by atoms with E-state index >= 15 is 0 Å². The maximum atomic E-state index is 12.1. The zero-order valence-corrected chi connectivity index (χ0v) is 16.5. The summed E-state index contributed by atoms with van der Waals surface area (Å²) < 4.78 is 1.68. The number of amides is 1. The SMILES string of the molecule is Cn1cc(Nc2ncc(Cl)c(NC[C@@H]3CCCN(C(=O)CCC#N)C3)n2)cn1. The second-order valence-corrected chi connectivity index (χ2v) is 7.21. The summed E-state index contributed by atoms with van der Waals surface area (Å²) in [5.41, 5.74) is 0.787. The fourth-order valence-electron chi connectivity index (χ4n) is 3.19. The van der Waals surface area contributed by atoms with Gasteiger partial charge in [-0.25, -0.2) is 4.98 Å². The van der Waals surface area contributed by atoms with Gasteiger partial charge in [-0.3, -0.25) is 9.48 Å². The van der Waals surface area contributed by atoms with Crippen LogP contribution in [0.4, 0.5) is 17.5 Å². The van der Waals surface area contributed by atoms with Gasteiger partial charge in [-0.05, 0) is 18.8 Å². The van der Waals surface area contributed by atoms with Crippen LogP contribution in [-0.4, -0.2) is 50.2 Å². The fourth-order valence-corrected chi connectivity index (χ4v) is 3.34. The maximum absolute atomic E-state index is 12.1. The number of carbonyl (C=O) groups excluding carboxylic acids is 1. The first-order valence-electron chi connectivity index (χ1n) is 9.22. The van der Waals surface area contributed by atoms with Gasteiger partial charge < -0.3 is 15.5 Å². The molecule has 0 aromatic carbocycles. The average molecular weight is 403 g/mol. The van der Waals surface area contributed by atoms with Crippen molar-refractivity contribution in [1.82, 2.24) is 24.6 Å². The third-order valence-corrected chi connectivity index (χ3v) is 4.86. The smallest absolute Gasteiger partial charge is 0.229 e. The second-order valence-electron chi connectivity index (χ2n) is 6.80. The summed E-state index contributed by atoms with van der Waals surface area (Å²) >= 11 is 6.23. The number of piperidine rings is 1. The van der Waals surface area contributed by atoms with E-state index in [1.807, 2.05) is 24.2 Å². The summed E-state index contributed by atoms with van der Waals surface area (Å²) in [6.45, 7) is 2.10. The Morgan fingerprint density at radius 1 is 1.46 bits per heavy atom. The molecule has 3 heterocycles.